The summed E-state index contributed by atoms with van der Waals surface area (Å²) in [5.41, 5.74) is 0.896. The van der Waals surface area contributed by atoms with Crippen LogP contribution in [0.5, 0.6) is 5.75 Å². The quantitative estimate of drug-likeness (QED) is 0.536. The highest BCUT2D eigenvalue weighted by atomic mass is 16.5. The van der Waals surface area contributed by atoms with Crippen molar-refractivity contribution in [2.75, 3.05) is 7.11 Å². The molecule has 3 aromatic rings. The molecule has 0 saturated carbocycles. The predicted octanol–water partition coefficient (Wildman–Crippen LogP) is 2.87. The molecule has 2 aromatic heterocycles. The zero-order chi connectivity index (χ0) is 18.7. The molecule has 0 spiro atoms. The molecule has 132 valence electrons. The second-order valence-electron chi connectivity index (χ2n) is 5.28. The van der Waals surface area contributed by atoms with E-state index in [1.165, 1.54) is 29.7 Å². The number of aromatic hydroxyl groups is 1. The molecular weight excluding hydrogens is 340 g/mol. The van der Waals surface area contributed by atoms with Gasteiger partial charge in [0.05, 0.1) is 30.5 Å². The van der Waals surface area contributed by atoms with Crippen molar-refractivity contribution in [3.05, 3.63) is 53.9 Å². The standard InChI is InChI=1S/C17H14N4O5/c1-26-14(23)9-12-15(21-7-3-6-13(22)16(21)18-12)20-19-11-5-2-4-10(8-11)17(24)25/h2-8,22H,9H2,1H3,(H,24,25). The molecule has 1 aromatic carbocycles. The summed E-state index contributed by atoms with van der Waals surface area (Å²) in [6.07, 6.45) is 1.46. The van der Waals surface area contributed by atoms with E-state index in [0.29, 0.717) is 5.69 Å². The third-order valence-corrected chi connectivity index (χ3v) is 3.57. The fourth-order valence-electron chi connectivity index (χ4n) is 2.33. The number of carboxylic acid groups (broad SMARTS) is 1. The van der Waals surface area contributed by atoms with Crippen molar-refractivity contribution in [2.45, 2.75) is 6.42 Å². The number of azo groups is 1. The Kier molecular flexibility index (Phi) is 4.61. The van der Waals surface area contributed by atoms with Gasteiger partial charge in [0.15, 0.2) is 17.2 Å². The number of pyridine rings is 1. The van der Waals surface area contributed by atoms with Gasteiger partial charge in [0.1, 0.15) is 0 Å². The second-order valence-corrected chi connectivity index (χ2v) is 5.28. The lowest BCUT2D eigenvalue weighted by molar-refractivity contribution is -0.139. The minimum Gasteiger partial charge on any atom is -0.504 e. The summed E-state index contributed by atoms with van der Waals surface area (Å²) in [5, 5.41) is 27.1. The van der Waals surface area contributed by atoms with E-state index in [4.69, 9.17) is 5.11 Å². The van der Waals surface area contributed by atoms with E-state index in [9.17, 15) is 14.7 Å². The highest BCUT2D eigenvalue weighted by molar-refractivity contribution is 5.88. The average Bonchev–Trinajstić information content (AvgIpc) is 2.98. The number of ether oxygens (including phenoxy) is 1. The van der Waals surface area contributed by atoms with Gasteiger partial charge in [-0.3, -0.25) is 9.20 Å². The molecule has 0 radical (unpaired) electrons. The molecule has 9 nitrogen and oxygen atoms in total. The molecule has 9 heteroatoms. The molecule has 0 fully saturated rings. The fourth-order valence-corrected chi connectivity index (χ4v) is 2.33. The van der Waals surface area contributed by atoms with Crippen molar-refractivity contribution in [1.82, 2.24) is 9.38 Å². The van der Waals surface area contributed by atoms with Crippen LogP contribution in [-0.4, -0.2) is 38.6 Å². The molecular formula is C17H14N4O5. The number of fused-ring (bicyclic) bond motifs is 1. The van der Waals surface area contributed by atoms with Crippen LogP contribution in [0.1, 0.15) is 16.1 Å². The van der Waals surface area contributed by atoms with Gasteiger partial charge in [0.2, 0.25) is 0 Å². The van der Waals surface area contributed by atoms with E-state index in [1.54, 1.807) is 24.4 Å². The Morgan fingerprint density at radius 3 is 2.77 bits per heavy atom. The zero-order valence-electron chi connectivity index (χ0n) is 13.7. The maximum atomic E-state index is 11.6. The summed E-state index contributed by atoms with van der Waals surface area (Å²) in [5.74, 6) is -1.43. The fraction of sp³-hybridized carbons (Fsp3) is 0.118. The Morgan fingerprint density at radius 2 is 2.04 bits per heavy atom. The predicted molar refractivity (Wildman–Crippen MR) is 90.2 cm³/mol. The molecule has 26 heavy (non-hydrogen) atoms. The van der Waals surface area contributed by atoms with Crippen LogP contribution in [0.4, 0.5) is 11.5 Å². The molecule has 3 rings (SSSR count). The van der Waals surface area contributed by atoms with Gasteiger partial charge in [-0.15, -0.1) is 10.2 Å². The summed E-state index contributed by atoms with van der Waals surface area (Å²) in [6.45, 7) is 0. The molecule has 2 N–H and O–H groups in total. The lowest BCUT2D eigenvalue weighted by Crippen LogP contribution is -2.04. The maximum Gasteiger partial charge on any atom is 0.335 e. The number of imidazole rings is 1. The lowest BCUT2D eigenvalue weighted by Gasteiger charge is -2.00. The number of aromatic nitrogens is 2. The van der Waals surface area contributed by atoms with E-state index < -0.39 is 11.9 Å². The van der Waals surface area contributed by atoms with Gasteiger partial charge in [-0.1, -0.05) is 6.07 Å². The number of methoxy groups -OCH3 is 1. The number of esters is 1. The van der Waals surface area contributed by atoms with Crippen LogP contribution >= 0.6 is 0 Å². The minimum absolute atomic E-state index is 0.0759. The number of hydrogen-bond donors (Lipinski definition) is 2. The van der Waals surface area contributed by atoms with Crippen molar-refractivity contribution >= 4 is 29.1 Å². The third kappa shape index (κ3) is 3.36. The van der Waals surface area contributed by atoms with Crippen molar-refractivity contribution in [1.29, 1.82) is 0 Å². The van der Waals surface area contributed by atoms with Crippen molar-refractivity contribution in [3.63, 3.8) is 0 Å². The molecule has 0 aliphatic carbocycles. The molecule has 0 unspecified atom stereocenters. The van der Waals surface area contributed by atoms with Gasteiger partial charge in [0.25, 0.3) is 0 Å². The van der Waals surface area contributed by atoms with Gasteiger partial charge in [-0.2, -0.15) is 0 Å². The van der Waals surface area contributed by atoms with Gasteiger partial charge < -0.3 is 14.9 Å². The summed E-state index contributed by atoms with van der Waals surface area (Å²) < 4.78 is 6.14. The van der Waals surface area contributed by atoms with E-state index in [-0.39, 0.29) is 34.9 Å². The molecule has 0 amide bonds. The largest absolute Gasteiger partial charge is 0.504 e. The number of carboxylic acids is 1. The van der Waals surface area contributed by atoms with E-state index in [1.807, 2.05) is 0 Å². The number of nitrogens with zero attached hydrogens (tertiary/aromatic N) is 4. The summed E-state index contributed by atoms with van der Waals surface area (Å²) in [7, 11) is 1.26. The van der Waals surface area contributed by atoms with Gasteiger partial charge in [0, 0.05) is 6.20 Å². The van der Waals surface area contributed by atoms with E-state index >= 15 is 0 Å². The number of hydrogen-bond acceptors (Lipinski definition) is 7. The topological polar surface area (TPSA) is 126 Å². The Balaban J connectivity index is 2.06. The van der Waals surface area contributed by atoms with Crippen LogP contribution in [-0.2, 0) is 16.0 Å². The lowest BCUT2D eigenvalue weighted by atomic mass is 10.2. The Bertz CT molecular complexity index is 1030. The summed E-state index contributed by atoms with van der Waals surface area (Å²) in [4.78, 5) is 26.9. The maximum absolute atomic E-state index is 11.6. The van der Waals surface area contributed by atoms with Crippen LogP contribution in [0.25, 0.3) is 5.65 Å². The SMILES string of the molecule is COC(=O)Cc1nc2c(O)cccn2c1N=Nc1cccc(C(=O)O)c1. The summed E-state index contributed by atoms with van der Waals surface area (Å²) >= 11 is 0. The molecule has 0 saturated heterocycles. The molecule has 0 aliphatic heterocycles. The van der Waals surface area contributed by atoms with E-state index in [2.05, 4.69) is 19.9 Å². The van der Waals surface area contributed by atoms with Crippen LogP contribution in [0.15, 0.2) is 52.8 Å². The first kappa shape index (κ1) is 17.1. The van der Waals surface area contributed by atoms with Gasteiger partial charge in [-0.25, -0.2) is 9.78 Å². The smallest absolute Gasteiger partial charge is 0.335 e. The van der Waals surface area contributed by atoms with Crippen LogP contribution < -0.4 is 0 Å². The molecule has 0 bridgehead atoms. The van der Waals surface area contributed by atoms with Crippen LogP contribution in [0.3, 0.4) is 0 Å². The number of aromatic carboxylic acids is 1. The first-order valence-corrected chi connectivity index (χ1v) is 7.50. The van der Waals surface area contributed by atoms with E-state index in [0.717, 1.165) is 0 Å². The van der Waals surface area contributed by atoms with Crippen LogP contribution in [0.2, 0.25) is 0 Å². The van der Waals surface area contributed by atoms with Gasteiger partial charge in [-0.05, 0) is 30.3 Å². The number of carbonyl (C=O) groups excluding carboxylic acids is 1. The van der Waals surface area contributed by atoms with Crippen LogP contribution in [0, 0.1) is 0 Å². The monoisotopic (exact) mass is 354 g/mol. The van der Waals surface area contributed by atoms with Gasteiger partial charge >= 0.3 is 11.9 Å². The second kappa shape index (κ2) is 7.01. The first-order chi connectivity index (χ1) is 12.5. The number of carbonyl (C=O) groups is 2. The Hall–Kier alpha value is -3.75. The Labute approximate surface area is 147 Å². The number of rotatable bonds is 5. The van der Waals surface area contributed by atoms with Crippen molar-refractivity contribution in [3.8, 4) is 5.75 Å². The minimum atomic E-state index is -1.08. The summed E-state index contributed by atoms with van der Waals surface area (Å²) in [6, 6.07) is 9.00. The van der Waals surface area contributed by atoms with Crippen molar-refractivity contribution in [2.24, 2.45) is 10.2 Å². The third-order valence-electron chi connectivity index (χ3n) is 3.57. The molecule has 0 aliphatic rings. The van der Waals surface area contributed by atoms with Crippen molar-refractivity contribution < 1.29 is 24.5 Å². The Morgan fingerprint density at radius 1 is 1.23 bits per heavy atom. The zero-order valence-corrected chi connectivity index (χ0v) is 13.7. The average molecular weight is 354 g/mol. The molecule has 0 atom stereocenters. The first-order valence-electron chi connectivity index (χ1n) is 7.50. The highest BCUT2D eigenvalue weighted by Gasteiger charge is 2.17. The highest BCUT2D eigenvalue weighted by Crippen LogP contribution is 2.28. The molecule has 2 heterocycles. The number of benzene rings is 1. The normalized spacial score (nSPS) is 11.1.